The Bertz CT molecular complexity index is 688. The minimum absolute atomic E-state index is 0.0979. The van der Waals surface area contributed by atoms with E-state index in [1.54, 1.807) is 18.2 Å². The van der Waals surface area contributed by atoms with Crippen LogP contribution in [0.2, 0.25) is 0 Å². The maximum Gasteiger partial charge on any atom is 0.416 e. The highest BCUT2D eigenvalue weighted by molar-refractivity contribution is 5.93. The fraction of sp³-hybridized carbons (Fsp3) is 0.0625. The maximum atomic E-state index is 12.6. The van der Waals surface area contributed by atoms with Gasteiger partial charge in [0, 0.05) is 0 Å². The van der Waals surface area contributed by atoms with Crippen molar-refractivity contribution >= 4 is 18.1 Å². The molecule has 0 amide bonds. The summed E-state index contributed by atoms with van der Waals surface area (Å²) >= 11 is 0. The molecular formula is C16H11F3O2. The summed E-state index contributed by atoms with van der Waals surface area (Å²) in [5, 5.41) is 9.03. The van der Waals surface area contributed by atoms with Gasteiger partial charge in [-0.25, -0.2) is 4.79 Å². The third-order valence-corrected chi connectivity index (χ3v) is 2.86. The summed E-state index contributed by atoms with van der Waals surface area (Å²) in [7, 11) is 0. The van der Waals surface area contributed by atoms with Crippen molar-refractivity contribution in [2.45, 2.75) is 6.18 Å². The van der Waals surface area contributed by atoms with Gasteiger partial charge in [-0.1, -0.05) is 42.5 Å². The zero-order valence-corrected chi connectivity index (χ0v) is 10.8. The zero-order chi connectivity index (χ0) is 15.5. The van der Waals surface area contributed by atoms with Gasteiger partial charge in [-0.3, -0.25) is 0 Å². The number of carbonyl (C=O) groups is 1. The lowest BCUT2D eigenvalue weighted by molar-refractivity contribution is -0.137. The first-order valence-electron chi connectivity index (χ1n) is 6.05. The number of halogens is 3. The minimum Gasteiger partial charge on any atom is -0.478 e. The average molecular weight is 292 g/mol. The molecule has 0 aliphatic rings. The summed E-state index contributed by atoms with van der Waals surface area (Å²) < 4.78 is 37.8. The third kappa shape index (κ3) is 3.72. The first-order valence-corrected chi connectivity index (χ1v) is 6.05. The number of hydrogen-bond donors (Lipinski definition) is 1. The Labute approximate surface area is 119 Å². The molecule has 0 saturated carbocycles. The molecule has 2 nitrogen and oxygen atoms in total. The molecule has 0 bridgehead atoms. The molecule has 0 aromatic heterocycles. The van der Waals surface area contributed by atoms with E-state index in [0.29, 0.717) is 11.1 Å². The van der Waals surface area contributed by atoms with Gasteiger partial charge < -0.3 is 5.11 Å². The van der Waals surface area contributed by atoms with Crippen molar-refractivity contribution in [2.75, 3.05) is 0 Å². The average Bonchev–Trinajstić information content (AvgIpc) is 2.45. The van der Waals surface area contributed by atoms with Gasteiger partial charge in [-0.05, 0) is 29.3 Å². The molecule has 0 unspecified atom stereocenters. The van der Waals surface area contributed by atoms with Gasteiger partial charge in [-0.2, -0.15) is 13.2 Å². The molecule has 2 rings (SSSR count). The van der Waals surface area contributed by atoms with E-state index >= 15 is 0 Å². The Morgan fingerprint density at radius 3 is 2.38 bits per heavy atom. The predicted octanol–water partition coefficient (Wildman–Crippen LogP) is 4.57. The number of carboxylic acids is 1. The molecule has 2 aromatic rings. The van der Waals surface area contributed by atoms with Crippen LogP contribution in [-0.2, 0) is 6.18 Å². The van der Waals surface area contributed by atoms with E-state index in [4.69, 9.17) is 5.11 Å². The summed E-state index contributed by atoms with van der Waals surface area (Å²) in [5.74, 6) is -1.08. The Morgan fingerprint density at radius 1 is 1.00 bits per heavy atom. The normalized spacial score (nSPS) is 11.8. The van der Waals surface area contributed by atoms with E-state index < -0.39 is 17.7 Å². The van der Waals surface area contributed by atoms with Crippen LogP contribution >= 0.6 is 0 Å². The van der Waals surface area contributed by atoms with Crippen LogP contribution in [0.1, 0.15) is 27.0 Å². The van der Waals surface area contributed by atoms with Crippen molar-refractivity contribution in [1.29, 1.82) is 0 Å². The summed E-state index contributed by atoms with van der Waals surface area (Å²) in [6, 6.07) is 11.1. The second-order valence-corrected chi connectivity index (χ2v) is 4.35. The first-order chi connectivity index (χ1) is 9.88. The fourth-order valence-electron chi connectivity index (χ4n) is 1.84. The van der Waals surface area contributed by atoms with E-state index in [1.807, 2.05) is 0 Å². The van der Waals surface area contributed by atoms with Gasteiger partial charge >= 0.3 is 12.1 Å². The SMILES string of the molecule is O=C(O)c1ccccc1C=Cc1cccc(C(F)(F)F)c1. The second-order valence-electron chi connectivity index (χ2n) is 4.35. The Morgan fingerprint density at radius 2 is 1.71 bits per heavy atom. The fourth-order valence-corrected chi connectivity index (χ4v) is 1.84. The molecule has 5 heteroatoms. The summed E-state index contributed by atoms with van der Waals surface area (Å²) in [5.41, 5.74) is 0.143. The molecule has 0 atom stereocenters. The van der Waals surface area contributed by atoms with Gasteiger partial charge in [0.2, 0.25) is 0 Å². The first kappa shape index (κ1) is 14.8. The topological polar surface area (TPSA) is 37.3 Å². The summed E-state index contributed by atoms with van der Waals surface area (Å²) in [6.07, 6.45) is -1.46. The monoisotopic (exact) mass is 292 g/mol. The van der Waals surface area contributed by atoms with E-state index in [9.17, 15) is 18.0 Å². The summed E-state index contributed by atoms with van der Waals surface area (Å²) in [4.78, 5) is 11.0. The van der Waals surface area contributed by atoms with Crippen molar-refractivity contribution in [2.24, 2.45) is 0 Å². The van der Waals surface area contributed by atoms with Crippen LogP contribution in [0, 0.1) is 0 Å². The highest BCUT2D eigenvalue weighted by Crippen LogP contribution is 2.29. The van der Waals surface area contributed by atoms with Crippen molar-refractivity contribution in [1.82, 2.24) is 0 Å². The molecule has 0 radical (unpaired) electrons. The van der Waals surface area contributed by atoms with Crippen LogP contribution in [0.25, 0.3) is 12.2 Å². The standard InChI is InChI=1S/C16H11F3O2/c17-16(18,19)13-6-3-4-11(10-13)8-9-12-5-1-2-7-14(12)15(20)21/h1-10H,(H,20,21). The van der Waals surface area contributed by atoms with E-state index in [-0.39, 0.29) is 5.56 Å². The number of hydrogen-bond acceptors (Lipinski definition) is 1. The van der Waals surface area contributed by atoms with Gasteiger partial charge in [0.1, 0.15) is 0 Å². The Kier molecular flexibility index (Phi) is 4.12. The van der Waals surface area contributed by atoms with Crippen LogP contribution in [0.3, 0.4) is 0 Å². The van der Waals surface area contributed by atoms with Gasteiger partial charge in [0.25, 0.3) is 0 Å². The largest absolute Gasteiger partial charge is 0.478 e. The van der Waals surface area contributed by atoms with Crippen LogP contribution < -0.4 is 0 Å². The lowest BCUT2D eigenvalue weighted by Gasteiger charge is -2.06. The lowest BCUT2D eigenvalue weighted by atomic mass is 10.0. The van der Waals surface area contributed by atoms with Gasteiger partial charge in [0.15, 0.2) is 0 Å². The number of rotatable bonds is 3. The highest BCUT2D eigenvalue weighted by atomic mass is 19.4. The predicted molar refractivity (Wildman–Crippen MR) is 73.8 cm³/mol. The van der Waals surface area contributed by atoms with Crippen molar-refractivity contribution < 1.29 is 23.1 Å². The quantitative estimate of drug-likeness (QED) is 0.841. The summed E-state index contributed by atoms with van der Waals surface area (Å²) in [6.45, 7) is 0. The number of aromatic carboxylic acids is 1. The van der Waals surface area contributed by atoms with Crippen molar-refractivity contribution in [3.05, 3.63) is 70.8 Å². The number of alkyl halides is 3. The molecule has 21 heavy (non-hydrogen) atoms. The molecule has 0 saturated heterocycles. The zero-order valence-electron chi connectivity index (χ0n) is 10.8. The molecule has 0 spiro atoms. The molecule has 0 fully saturated rings. The van der Waals surface area contributed by atoms with E-state index in [2.05, 4.69) is 0 Å². The van der Waals surface area contributed by atoms with Crippen LogP contribution in [0.15, 0.2) is 48.5 Å². The Hall–Kier alpha value is -2.56. The van der Waals surface area contributed by atoms with E-state index in [0.717, 1.165) is 12.1 Å². The molecule has 0 heterocycles. The Balaban J connectivity index is 2.33. The smallest absolute Gasteiger partial charge is 0.416 e. The van der Waals surface area contributed by atoms with Crippen molar-refractivity contribution in [3.63, 3.8) is 0 Å². The van der Waals surface area contributed by atoms with Gasteiger partial charge in [-0.15, -0.1) is 0 Å². The second kappa shape index (κ2) is 5.83. The molecule has 1 N–H and O–H groups in total. The molecular weight excluding hydrogens is 281 g/mol. The van der Waals surface area contributed by atoms with Crippen LogP contribution in [-0.4, -0.2) is 11.1 Å². The van der Waals surface area contributed by atoms with Crippen molar-refractivity contribution in [3.8, 4) is 0 Å². The number of carboxylic acid groups (broad SMARTS) is 1. The molecule has 2 aromatic carbocycles. The molecule has 0 aliphatic carbocycles. The van der Waals surface area contributed by atoms with Gasteiger partial charge in [0.05, 0.1) is 11.1 Å². The maximum absolute atomic E-state index is 12.6. The van der Waals surface area contributed by atoms with Crippen LogP contribution in [0.5, 0.6) is 0 Å². The lowest BCUT2D eigenvalue weighted by Crippen LogP contribution is -2.04. The molecule has 108 valence electrons. The highest BCUT2D eigenvalue weighted by Gasteiger charge is 2.30. The van der Waals surface area contributed by atoms with Crippen LogP contribution in [0.4, 0.5) is 13.2 Å². The van der Waals surface area contributed by atoms with E-state index in [1.165, 1.54) is 30.4 Å². The third-order valence-electron chi connectivity index (χ3n) is 2.86. The minimum atomic E-state index is -4.40. The number of benzene rings is 2. The molecule has 0 aliphatic heterocycles.